The standard InChI is InChI=1S/C26H21F2N3O/c1-16-4-9-21-24(28)23(27)13-22(25(21)30-16)17-5-7-18(8-6-17)26(32)31-12-10-20(15-31)19-3-2-11-29-14-19/h2-9,11,13-14,20H,10,12,15H2,1H3. The molecule has 5 rings (SSSR count). The number of benzene rings is 2. The molecule has 1 unspecified atom stereocenters. The van der Waals surface area contributed by atoms with E-state index in [1.54, 1.807) is 49.5 Å². The molecule has 1 aliphatic heterocycles. The summed E-state index contributed by atoms with van der Waals surface area (Å²) in [5, 5.41) is 0.143. The highest BCUT2D eigenvalue weighted by Crippen LogP contribution is 2.32. The Morgan fingerprint density at radius 3 is 2.66 bits per heavy atom. The van der Waals surface area contributed by atoms with Crippen LogP contribution in [0.25, 0.3) is 22.0 Å². The summed E-state index contributed by atoms with van der Waals surface area (Å²) in [5.41, 5.74) is 4.01. The third kappa shape index (κ3) is 3.62. The number of likely N-dealkylation sites (tertiary alicyclic amines) is 1. The van der Waals surface area contributed by atoms with Crippen LogP contribution >= 0.6 is 0 Å². The Hall–Kier alpha value is -3.67. The molecule has 0 saturated carbocycles. The van der Waals surface area contributed by atoms with Crippen LogP contribution in [0.5, 0.6) is 0 Å². The molecule has 6 heteroatoms. The molecule has 1 aliphatic rings. The molecule has 32 heavy (non-hydrogen) atoms. The molecule has 2 aromatic carbocycles. The van der Waals surface area contributed by atoms with Crippen LogP contribution in [0.3, 0.4) is 0 Å². The van der Waals surface area contributed by atoms with E-state index in [1.165, 1.54) is 6.07 Å². The van der Waals surface area contributed by atoms with Gasteiger partial charge in [-0.15, -0.1) is 0 Å². The van der Waals surface area contributed by atoms with Crippen LogP contribution in [0.15, 0.2) is 67.0 Å². The van der Waals surface area contributed by atoms with E-state index < -0.39 is 11.6 Å². The number of rotatable bonds is 3. The number of hydrogen-bond donors (Lipinski definition) is 0. The summed E-state index contributed by atoms with van der Waals surface area (Å²) in [4.78, 5) is 23.5. The molecule has 0 aliphatic carbocycles. The number of hydrogen-bond acceptors (Lipinski definition) is 3. The van der Waals surface area contributed by atoms with Crippen molar-refractivity contribution in [2.75, 3.05) is 13.1 Å². The van der Waals surface area contributed by atoms with E-state index in [0.29, 0.717) is 41.0 Å². The van der Waals surface area contributed by atoms with Crippen molar-refractivity contribution in [1.82, 2.24) is 14.9 Å². The number of carbonyl (C=O) groups excluding carboxylic acids is 1. The van der Waals surface area contributed by atoms with Crippen LogP contribution in [0.4, 0.5) is 8.78 Å². The van der Waals surface area contributed by atoms with Crippen molar-refractivity contribution in [2.24, 2.45) is 0 Å². The van der Waals surface area contributed by atoms with Gasteiger partial charge in [-0.1, -0.05) is 18.2 Å². The Kier molecular flexibility index (Phi) is 5.13. The van der Waals surface area contributed by atoms with Gasteiger partial charge in [0.2, 0.25) is 0 Å². The first-order valence-electron chi connectivity index (χ1n) is 10.6. The van der Waals surface area contributed by atoms with E-state index in [2.05, 4.69) is 9.97 Å². The van der Waals surface area contributed by atoms with Crippen LogP contribution in [0.1, 0.15) is 34.0 Å². The normalized spacial score (nSPS) is 16.0. The van der Waals surface area contributed by atoms with Gasteiger partial charge in [-0.2, -0.15) is 0 Å². The monoisotopic (exact) mass is 429 g/mol. The summed E-state index contributed by atoms with van der Waals surface area (Å²) in [6.45, 7) is 3.15. The average molecular weight is 429 g/mol. The van der Waals surface area contributed by atoms with Gasteiger partial charge in [0.25, 0.3) is 5.91 Å². The van der Waals surface area contributed by atoms with Gasteiger partial charge >= 0.3 is 0 Å². The first-order chi connectivity index (χ1) is 15.5. The zero-order chi connectivity index (χ0) is 22.2. The predicted molar refractivity (Wildman–Crippen MR) is 119 cm³/mol. The fourth-order valence-corrected chi connectivity index (χ4v) is 4.36. The maximum absolute atomic E-state index is 14.3. The zero-order valence-corrected chi connectivity index (χ0v) is 17.6. The number of fused-ring (bicyclic) bond motifs is 1. The van der Waals surface area contributed by atoms with Crippen molar-refractivity contribution < 1.29 is 13.6 Å². The third-order valence-electron chi connectivity index (χ3n) is 6.08. The summed E-state index contributed by atoms with van der Waals surface area (Å²) >= 11 is 0. The maximum Gasteiger partial charge on any atom is 0.253 e. The van der Waals surface area contributed by atoms with E-state index in [1.807, 2.05) is 23.2 Å². The second-order valence-electron chi connectivity index (χ2n) is 8.17. The van der Waals surface area contributed by atoms with Gasteiger partial charge in [-0.25, -0.2) is 8.78 Å². The fourth-order valence-electron chi connectivity index (χ4n) is 4.36. The molecule has 160 valence electrons. The minimum atomic E-state index is -0.920. The van der Waals surface area contributed by atoms with Crippen LogP contribution in [0, 0.1) is 18.6 Å². The van der Waals surface area contributed by atoms with Crippen molar-refractivity contribution in [3.63, 3.8) is 0 Å². The first-order valence-corrected chi connectivity index (χ1v) is 10.6. The quantitative estimate of drug-likeness (QED) is 0.431. The maximum atomic E-state index is 14.3. The topological polar surface area (TPSA) is 46.1 Å². The lowest BCUT2D eigenvalue weighted by Crippen LogP contribution is -2.28. The van der Waals surface area contributed by atoms with Gasteiger partial charge in [-0.3, -0.25) is 14.8 Å². The van der Waals surface area contributed by atoms with E-state index in [-0.39, 0.29) is 17.2 Å². The number of aromatic nitrogens is 2. The SMILES string of the molecule is Cc1ccc2c(F)c(F)cc(-c3ccc(C(=O)N4CCC(c5cccnc5)C4)cc3)c2n1. The second-order valence-corrected chi connectivity index (χ2v) is 8.17. The summed E-state index contributed by atoms with van der Waals surface area (Å²) < 4.78 is 28.5. The van der Waals surface area contributed by atoms with E-state index >= 15 is 0 Å². The molecule has 2 aromatic heterocycles. The molecule has 1 amide bonds. The van der Waals surface area contributed by atoms with Gasteiger partial charge < -0.3 is 4.90 Å². The lowest BCUT2D eigenvalue weighted by atomic mass is 9.99. The van der Waals surface area contributed by atoms with E-state index in [4.69, 9.17) is 0 Å². The van der Waals surface area contributed by atoms with Crippen molar-refractivity contribution in [3.8, 4) is 11.1 Å². The average Bonchev–Trinajstić information content (AvgIpc) is 3.32. The Bertz CT molecular complexity index is 1310. The molecular formula is C26H21F2N3O. The summed E-state index contributed by atoms with van der Waals surface area (Å²) in [6, 6.07) is 15.3. The lowest BCUT2D eigenvalue weighted by molar-refractivity contribution is 0.0791. The molecule has 4 nitrogen and oxygen atoms in total. The van der Waals surface area contributed by atoms with Crippen molar-refractivity contribution in [1.29, 1.82) is 0 Å². The van der Waals surface area contributed by atoms with Gasteiger partial charge in [-0.05, 0) is 60.9 Å². The molecule has 1 saturated heterocycles. The molecule has 3 heterocycles. The number of nitrogens with zero attached hydrogens (tertiary/aromatic N) is 3. The molecule has 1 atom stereocenters. The summed E-state index contributed by atoms with van der Waals surface area (Å²) in [5.74, 6) is -1.57. The number of aryl methyl sites for hydroxylation is 1. The molecule has 0 spiro atoms. The van der Waals surface area contributed by atoms with Crippen molar-refractivity contribution in [3.05, 3.63) is 95.4 Å². The number of pyridine rings is 2. The molecule has 4 aromatic rings. The Labute approximate surface area is 184 Å². The molecule has 0 bridgehead atoms. The number of halogens is 2. The predicted octanol–water partition coefficient (Wildman–Crippen LogP) is 5.51. The highest BCUT2D eigenvalue weighted by molar-refractivity contribution is 5.97. The largest absolute Gasteiger partial charge is 0.338 e. The van der Waals surface area contributed by atoms with Crippen LogP contribution < -0.4 is 0 Å². The minimum Gasteiger partial charge on any atom is -0.338 e. The minimum absolute atomic E-state index is 0.0351. The molecule has 0 N–H and O–H groups in total. The molecular weight excluding hydrogens is 408 g/mol. The lowest BCUT2D eigenvalue weighted by Gasteiger charge is -2.17. The van der Waals surface area contributed by atoms with Gasteiger partial charge in [0, 0.05) is 53.6 Å². The zero-order valence-electron chi connectivity index (χ0n) is 17.6. The Balaban J connectivity index is 1.41. The Morgan fingerprint density at radius 1 is 1.09 bits per heavy atom. The molecule has 1 fully saturated rings. The highest BCUT2D eigenvalue weighted by atomic mass is 19.2. The highest BCUT2D eigenvalue weighted by Gasteiger charge is 2.28. The van der Waals surface area contributed by atoms with Crippen LogP contribution in [-0.2, 0) is 0 Å². The van der Waals surface area contributed by atoms with Gasteiger partial charge in [0.15, 0.2) is 11.6 Å². The van der Waals surface area contributed by atoms with Crippen LogP contribution in [0.2, 0.25) is 0 Å². The first kappa shape index (κ1) is 20.2. The summed E-state index contributed by atoms with van der Waals surface area (Å²) in [7, 11) is 0. The second kappa shape index (κ2) is 8.11. The van der Waals surface area contributed by atoms with Gasteiger partial charge in [0.1, 0.15) is 0 Å². The smallest absolute Gasteiger partial charge is 0.253 e. The fraction of sp³-hybridized carbons (Fsp3) is 0.192. The number of carbonyl (C=O) groups is 1. The van der Waals surface area contributed by atoms with Crippen molar-refractivity contribution in [2.45, 2.75) is 19.3 Å². The summed E-state index contributed by atoms with van der Waals surface area (Å²) in [6.07, 6.45) is 4.51. The molecule has 0 radical (unpaired) electrons. The number of amides is 1. The Morgan fingerprint density at radius 2 is 1.91 bits per heavy atom. The van der Waals surface area contributed by atoms with E-state index in [9.17, 15) is 13.6 Å². The van der Waals surface area contributed by atoms with E-state index in [0.717, 1.165) is 12.0 Å². The van der Waals surface area contributed by atoms with Crippen LogP contribution in [-0.4, -0.2) is 33.9 Å². The third-order valence-corrected chi connectivity index (χ3v) is 6.08. The van der Waals surface area contributed by atoms with Gasteiger partial charge in [0.05, 0.1) is 5.52 Å². The van der Waals surface area contributed by atoms with Crippen molar-refractivity contribution >= 4 is 16.8 Å².